The van der Waals surface area contributed by atoms with Crippen LogP contribution in [-0.2, 0) is 6.61 Å². The van der Waals surface area contributed by atoms with Gasteiger partial charge < -0.3 is 15.5 Å². The average Bonchev–Trinajstić information content (AvgIpc) is 2.70. The summed E-state index contributed by atoms with van der Waals surface area (Å²) in [5.74, 6) is -0.818. The van der Waals surface area contributed by atoms with Crippen LogP contribution in [0.5, 0.6) is 0 Å². The maximum Gasteiger partial charge on any atom is 0.238 e. The lowest BCUT2D eigenvalue weighted by Crippen LogP contribution is -2.40. The number of halogens is 2. The van der Waals surface area contributed by atoms with Crippen molar-refractivity contribution in [1.82, 2.24) is 0 Å². The van der Waals surface area contributed by atoms with E-state index in [1.54, 1.807) is 53.4 Å². The maximum atomic E-state index is 13.3. The number of nitrogens with zero attached hydrogens (tertiary/aromatic N) is 1. The highest BCUT2D eigenvalue weighted by atomic mass is 35.5. The van der Waals surface area contributed by atoms with Crippen molar-refractivity contribution in [3.05, 3.63) is 95.0 Å². The van der Waals surface area contributed by atoms with Crippen molar-refractivity contribution in [2.75, 3.05) is 5.32 Å². The summed E-state index contributed by atoms with van der Waals surface area (Å²) in [6.45, 7) is -0.184. The molecule has 0 fully saturated rings. The summed E-state index contributed by atoms with van der Waals surface area (Å²) in [7, 11) is 0. The van der Waals surface area contributed by atoms with E-state index < -0.39 is 5.82 Å². The van der Waals surface area contributed by atoms with Crippen LogP contribution < -0.4 is 15.0 Å². The SMILES string of the molecule is [O-]/C(=C(\C(=S)Nc1ccc(Cl)cc1)[n+]1cccc(CO)c1)c1ccc(F)cc1. The van der Waals surface area contributed by atoms with Crippen molar-refractivity contribution in [3.63, 3.8) is 0 Å². The quantitative estimate of drug-likeness (QED) is 0.291. The standard InChI is InChI=1S/C21H16ClFN2O2S/c22-16-5-9-18(10-6-16)24-21(28)19(25-11-1-2-14(12-25)13-26)20(27)15-3-7-17(23)8-4-15/h1-12,26H,13H2,(H-,24,27,28). The molecule has 0 aliphatic rings. The van der Waals surface area contributed by atoms with Gasteiger partial charge in [0.25, 0.3) is 0 Å². The molecule has 0 saturated heterocycles. The fourth-order valence-corrected chi connectivity index (χ4v) is 3.00. The van der Waals surface area contributed by atoms with E-state index >= 15 is 0 Å². The molecule has 2 N–H and O–H groups in total. The highest BCUT2D eigenvalue weighted by Crippen LogP contribution is 2.19. The van der Waals surface area contributed by atoms with Crippen LogP contribution >= 0.6 is 23.8 Å². The van der Waals surface area contributed by atoms with E-state index in [2.05, 4.69) is 5.32 Å². The first-order valence-corrected chi connectivity index (χ1v) is 9.12. The largest absolute Gasteiger partial charge is 0.867 e. The lowest BCUT2D eigenvalue weighted by atomic mass is 10.1. The molecular formula is C21H16ClFN2O2S. The Hall–Kier alpha value is -2.80. The van der Waals surface area contributed by atoms with Gasteiger partial charge in [-0.15, -0.1) is 0 Å². The van der Waals surface area contributed by atoms with Gasteiger partial charge in [-0.3, -0.25) is 0 Å². The summed E-state index contributed by atoms with van der Waals surface area (Å²) in [6, 6.07) is 15.6. The molecule has 0 saturated carbocycles. The number of hydrogen-bond donors (Lipinski definition) is 2. The van der Waals surface area contributed by atoms with Crippen LogP contribution in [0.2, 0.25) is 5.02 Å². The maximum absolute atomic E-state index is 13.3. The minimum atomic E-state index is -0.435. The zero-order valence-electron chi connectivity index (χ0n) is 14.6. The molecule has 0 aliphatic heterocycles. The molecule has 0 radical (unpaired) electrons. The second-order valence-corrected chi connectivity index (χ2v) is 6.77. The van der Waals surface area contributed by atoms with E-state index in [1.807, 2.05) is 0 Å². The third kappa shape index (κ3) is 4.72. The Morgan fingerprint density at radius 3 is 2.43 bits per heavy atom. The Labute approximate surface area is 172 Å². The number of anilines is 1. The van der Waals surface area contributed by atoms with E-state index in [1.165, 1.54) is 24.3 Å². The molecule has 2 aromatic carbocycles. The number of hydrogen-bond acceptors (Lipinski definition) is 3. The Balaban J connectivity index is 2.07. The van der Waals surface area contributed by atoms with Gasteiger partial charge in [-0.1, -0.05) is 36.0 Å². The molecule has 0 amide bonds. The molecule has 0 unspecified atom stereocenters. The van der Waals surface area contributed by atoms with Gasteiger partial charge in [-0.05, 0) is 53.8 Å². The normalized spacial score (nSPS) is 11.7. The van der Waals surface area contributed by atoms with Crippen molar-refractivity contribution >= 4 is 46.0 Å². The van der Waals surface area contributed by atoms with E-state index in [9.17, 15) is 14.6 Å². The molecule has 1 aromatic heterocycles. The van der Waals surface area contributed by atoms with E-state index in [-0.39, 0.29) is 23.1 Å². The van der Waals surface area contributed by atoms with Gasteiger partial charge in [0, 0.05) is 22.3 Å². The van der Waals surface area contributed by atoms with Crippen molar-refractivity contribution in [3.8, 4) is 0 Å². The van der Waals surface area contributed by atoms with Crippen LogP contribution in [0.3, 0.4) is 0 Å². The van der Waals surface area contributed by atoms with Gasteiger partial charge in [0.15, 0.2) is 17.4 Å². The fraction of sp³-hybridized carbons (Fsp3) is 0.0476. The van der Waals surface area contributed by atoms with Crippen molar-refractivity contribution in [1.29, 1.82) is 0 Å². The summed E-state index contributed by atoms with van der Waals surface area (Å²) in [4.78, 5) is 0.178. The first kappa shape index (κ1) is 19.9. The van der Waals surface area contributed by atoms with Crippen LogP contribution in [0, 0.1) is 5.82 Å². The summed E-state index contributed by atoms with van der Waals surface area (Å²) in [5, 5.41) is 26.2. The Morgan fingerprint density at radius 2 is 1.79 bits per heavy atom. The highest BCUT2D eigenvalue weighted by Gasteiger charge is 2.19. The van der Waals surface area contributed by atoms with Crippen LogP contribution in [-0.4, -0.2) is 10.1 Å². The first-order valence-electron chi connectivity index (χ1n) is 8.33. The van der Waals surface area contributed by atoms with Crippen molar-refractivity contribution in [2.24, 2.45) is 0 Å². The first-order chi connectivity index (χ1) is 13.5. The molecular weight excluding hydrogens is 399 g/mol. The van der Waals surface area contributed by atoms with Crippen LogP contribution in [0.15, 0.2) is 73.1 Å². The Bertz CT molecular complexity index is 1020. The van der Waals surface area contributed by atoms with Crippen LogP contribution in [0.1, 0.15) is 11.1 Å². The summed E-state index contributed by atoms with van der Waals surface area (Å²) >= 11 is 11.4. The highest BCUT2D eigenvalue weighted by molar-refractivity contribution is 7.81. The molecule has 0 atom stereocenters. The number of benzene rings is 2. The van der Waals surface area contributed by atoms with Crippen LogP contribution in [0.25, 0.3) is 11.5 Å². The number of pyridine rings is 1. The predicted octanol–water partition coefficient (Wildman–Crippen LogP) is 3.38. The number of nitrogens with one attached hydrogen (secondary N) is 1. The molecule has 28 heavy (non-hydrogen) atoms. The molecule has 0 aliphatic carbocycles. The minimum absolute atomic E-state index is 0.173. The monoisotopic (exact) mass is 414 g/mol. The van der Waals surface area contributed by atoms with Gasteiger partial charge in [0.1, 0.15) is 5.82 Å². The van der Waals surface area contributed by atoms with E-state index in [0.29, 0.717) is 21.8 Å². The zero-order valence-corrected chi connectivity index (χ0v) is 16.2. The Kier molecular flexibility index (Phi) is 6.36. The van der Waals surface area contributed by atoms with Crippen LogP contribution in [0.4, 0.5) is 10.1 Å². The summed E-state index contributed by atoms with van der Waals surface area (Å²) in [5.41, 5.74) is 1.74. The minimum Gasteiger partial charge on any atom is -0.867 e. The van der Waals surface area contributed by atoms with Gasteiger partial charge in [-0.25, -0.2) is 4.39 Å². The smallest absolute Gasteiger partial charge is 0.238 e. The lowest BCUT2D eigenvalue weighted by molar-refractivity contribution is -0.578. The second kappa shape index (κ2) is 8.93. The lowest BCUT2D eigenvalue weighted by Gasteiger charge is -2.17. The van der Waals surface area contributed by atoms with Crippen molar-refractivity contribution in [2.45, 2.75) is 6.61 Å². The van der Waals surface area contributed by atoms with Gasteiger partial charge in [0.2, 0.25) is 5.70 Å². The molecule has 4 nitrogen and oxygen atoms in total. The molecule has 7 heteroatoms. The van der Waals surface area contributed by atoms with Gasteiger partial charge in [0.05, 0.1) is 6.61 Å². The molecule has 142 valence electrons. The average molecular weight is 415 g/mol. The molecule has 0 spiro atoms. The molecule has 1 heterocycles. The third-order valence-corrected chi connectivity index (χ3v) is 4.49. The number of thiocarbonyl (C=S) groups is 1. The number of aliphatic hydroxyl groups excluding tert-OH is 1. The van der Waals surface area contributed by atoms with Gasteiger partial charge in [-0.2, -0.15) is 4.57 Å². The zero-order chi connectivity index (χ0) is 20.1. The van der Waals surface area contributed by atoms with E-state index in [0.717, 1.165) is 0 Å². The molecule has 0 bridgehead atoms. The summed E-state index contributed by atoms with van der Waals surface area (Å²) < 4.78 is 14.8. The Morgan fingerprint density at radius 1 is 1.11 bits per heavy atom. The number of aliphatic hydroxyl groups is 1. The molecule has 3 aromatic rings. The van der Waals surface area contributed by atoms with E-state index in [4.69, 9.17) is 23.8 Å². The van der Waals surface area contributed by atoms with Crippen molar-refractivity contribution < 1.29 is 19.2 Å². The summed E-state index contributed by atoms with van der Waals surface area (Å²) in [6.07, 6.45) is 3.28. The third-order valence-electron chi connectivity index (χ3n) is 3.94. The predicted molar refractivity (Wildman–Crippen MR) is 110 cm³/mol. The van der Waals surface area contributed by atoms with Gasteiger partial charge >= 0.3 is 0 Å². The second-order valence-electron chi connectivity index (χ2n) is 5.92. The number of aromatic nitrogens is 1. The fourth-order valence-electron chi connectivity index (χ4n) is 2.56. The molecule has 3 rings (SSSR count). The topological polar surface area (TPSA) is 59.2 Å². The number of rotatable bonds is 5.